The molecular weight excluding hydrogens is 212 g/mol. The summed E-state index contributed by atoms with van der Waals surface area (Å²) in [6, 6.07) is 0. The first kappa shape index (κ1) is 12.9. The molecule has 2 nitrogen and oxygen atoms in total. The SMILES string of the molecule is C#C/C=C\C#CC1(C)C=CC(OC)=C(C=O)C1. The van der Waals surface area contributed by atoms with Crippen molar-refractivity contribution in [1.29, 1.82) is 0 Å². The molecule has 0 aromatic rings. The maximum absolute atomic E-state index is 10.9. The van der Waals surface area contributed by atoms with Crippen LogP contribution >= 0.6 is 0 Å². The van der Waals surface area contributed by atoms with E-state index >= 15 is 0 Å². The van der Waals surface area contributed by atoms with Gasteiger partial charge >= 0.3 is 0 Å². The second kappa shape index (κ2) is 5.77. The zero-order valence-corrected chi connectivity index (χ0v) is 9.99. The van der Waals surface area contributed by atoms with Crippen molar-refractivity contribution >= 4 is 6.29 Å². The number of rotatable bonds is 2. The zero-order chi connectivity index (χ0) is 12.7. The number of allylic oxidation sites excluding steroid dienone is 5. The van der Waals surface area contributed by atoms with Crippen LogP contribution in [0.1, 0.15) is 13.3 Å². The molecule has 1 aliphatic rings. The summed E-state index contributed by atoms with van der Waals surface area (Å²) in [7, 11) is 1.55. The van der Waals surface area contributed by atoms with Crippen molar-refractivity contribution in [1.82, 2.24) is 0 Å². The van der Waals surface area contributed by atoms with Gasteiger partial charge in [-0.1, -0.05) is 23.8 Å². The molecule has 1 atom stereocenters. The second-order valence-electron chi connectivity index (χ2n) is 3.91. The van der Waals surface area contributed by atoms with Crippen LogP contribution in [-0.4, -0.2) is 13.4 Å². The van der Waals surface area contributed by atoms with E-state index in [1.807, 2.05) is 13.0 Å². The first-order chi connectivity index (χ1) is 8.15. The molecular formula is C15H14O2. The molecule has 0 radical (unpaired) electrons. The summed E-state index contributed by atoms with van der Waals surface area (Å²) in [5, 5.41) is 0. The Morgan fingerprint density at radius 1 is 1.53 bits per heavy atom. The molecule has 2 heteroatoms. The van der Waals surface area contributed by atoms with Crippen molar-refractivity contribution in [3.05, 3.63) is 35.6 Å². The van der Waals surface area contributed by atoms with Gasteiger partial charge in [0.15, 0.2) is 0 Å². The molecule has 1 unspecified atom stereocenters. The van der Waals surface area contributed by atoms with E-state index in [-0.39, 0.29) is 5.41 Å². The van der Waals surface area contributed by atoms with Crippen LogP contribution in [0.15, 0.2) is 35.6 Å². The Morgan fingerprint density at radius 2 is 2.29 bits per heavy atom. The summed E-state index contributed by atoms with van der Waals surface area (Å²) in [5.74, 6) is 8.92. The maximum atomic E-state index is 10.9. The number of ether oxygens (including phenoxy) is 1. The minimum absolute atomic E-state index is 0.350. The van der Waals surface area contributed by atoms with Gasteiger partial charge in [-0.15, -0.1) is 6.42 Å². The Kier molecular flexibility index (Phi) is 4.37. The topological polar surface area (TPSA) is 26.3 Å². The Bertz CT molecular complexity index is 489. The standard InChI is InChI=1S/C15H14O2/c1-4-5-6-7-9-15(2)10-8-14(17-3)13(11-15)12-16/h1,5-6,8,10,12H,11H2,2-3H3/b6-5-. The van der Waals surface area contributed by atoms with Crippen LogP contribution < -0.4 is 0 Å². The molecule has 0 aromatic heterocycles. The van der Waals surface area contributed by atoms with Gasteiger partial charge in [0.2, 0.25) is 0 Å². The number of hydrogen-bond donors (Lipinski definition) is 0. The number of carbonyl (C=O) groups excluding carboxylic acids is 1. The third-order valence-electron chi connectivity index (χ3n) is 2.46. The van der Waals surface area contributed by atoms with Gasteiger partial charge in [0.05, 0.1) is 12.5 Å². The van der Waals surface area contributed by atoms with Crippen molar-refractivity contribution in [3.8, 4) is 24.2 Å². The summed E-state index contributed by atoms with van der Waals surface area (Å²) in [5.41, 5.74) is 0.282. The molecule has 0 bridgehead atoms. The highest BCUT2D eigenvalue weighted by Crippen LogP contribution is 2.32. The predicted molar refractivity (Wildman–Crippen MR) is 67.7 cm³/mol. The van der Waals surface area contributed by atoms with E-state index in [0.717, 1.165) is 6.29 Å². The van der Waals surface area contributed by atoms with Gasteiger partial charge in [-0.3, -0.25) is 4.79 Å². The van der Waals surface area contributed by atoms with Gasteiger partial charge in [0, 0.05) is 5.57 Å². The second-order valence-corrected chi connectivity index (χ2v) is 3.91. The molecule has 86 valence electrons. The first-order valence-corrected chi connectivity index (χ1v) is 5.20. The molecule has 1 aliphatic carbocycles. The number of aldehydes is 1. The third-order valence-corrected chi connectivity index (χ3v) is 2.46. The van der Waals surface area contributed by atoms with Crippen molar-refractivity contribution in [2.45, 2.75) is 13.3 Å². The van der Waals surface area contributed by atoms with E-state index in [0.29, 0.717) is 17.8 Å². The lowest BCUT2D eigenvalue weighted by Crippen LogP contribution is -2.17. The van der Waals surface area contributed by atoms with Crippen LogP contribution in [0.4, 0.5) is 0 Å². The Hall–Kier alpha value is -2.19. The van der Waals surface area contributed by atoms with Crippen LogP contribution in [0, 0.1) is 29.6 Å². The minimum atomic E-state index is -0.350. The highest BCUT2D eigenvalue weighted by Gasteiger charge is 2.25. The molecule has 0 heterocycles. The minimum Gasteiger partial charge on any atom is -0.496 e. The lowest BCUT2D eigenvalue weighted by molar-refractivity contribution is -0.105. The molecule has 1 rings (SSSR count). The summed E-state index contributed by atoms with van der Waals surface area (Å²) in [6.07, 6.45) is 13.3. The summed E-state index contributed by atoms with van der Waals surface area (Å²) < 4.78 is 5.10. The molecule has 0 aromatic carbocycles. The van der Waals surface area contributed by atoms with E-state index in [4.69, 9.17) is 11.2 Å². The molecule has 0 amide bonds. The quantitative estimate of drug-likeness (QED) is 0.533. The molecule has 17 heavy (non-hydrogen) atoms. The highest BCUT2D eigenvalue weighted by molar-refractivity contribution is 5.76. The summed E-state index contributed by atoms with van der Waals surface area (Å²) in [4.78, 5) is 10.9. The predicted octanol–water partition coefficient (Wildman–Crippen LogP) is 2.24. The van der Waals surface area contributed by atoms with Gasteiger partial charge < -0.3 is 4.74 Å². The van der Waals surface area contributed by atoms with Gasteiger partial charge in [0.25, 0.3) is 0 Å². The van der Waals surface area contributed by atoms with Crippen LogP contribution in [0.5, 0.6) is 0 Å². The highest BCUT2D eigenvalue weighted by atomic mass is 16.5. The van der Waals surface area contributed by atoms with Crippen LogP contribution in [-0.2, 0) is 9.53 Å². The number of hydrogen-bond acceptors (Lipinski definition) is 2. The normalized spacial score (nSPS) is 22.9. The smallest absolute Gasteiger partial charge is 0.149 e. The Labute approximate surface area is 102 Å². The largest absolute Gasteiger partial charge is 0.496 e. The molecule has 0 saturated carbocycles. The molecule has 0 spiro atoms. The van der Waals surface area contributed by atoms with E-state index in [2.05, 4.69) is 17.8 Å². The van der Waals surface area contributed by atoms with E-state index in [1.54, 1.807) is 25.3 Å². The monoisotopic (exact) mass is 226 g/mol. The van der Waals surface area contributed by atoms with Crippen molar-refractivity contribution < 1.29 is 9.53 Å². The van der Waals surface area contributed by atoms with Crippen LogP contribution in [0.3, 0.4) is 0 Å². The first-order valence-electron chi connectivity index (χ1n) is 5.20. The van der Waals surface area contributed by atoms with Gasteiger partial charge in [0.1, 0.15) is 12.0 Å². The van der Waals surface area contributed by atoms with Crippen LogP contribution in [0.2, 0.25) is 0 Å². The molecule has 0 saturated heterocycles. The van der Waals surface area contributed by atoms with Gasteiger partial charge in [-0.05, 0) is 31.6 Å². The lowest BCUT2D eigenvalue weighted by Gasteiger charge is -2.24. The number of terminal acetylenes is 1. The van der Waals surface area contributed by atoms with Gasteiger partial charge in [-0.25, -0.2) is 0 Å². The number of carbonyl (C=O) groups is 1. The Morgan fingerprint density at radius 3 is 2.88 bits per heavy atom. The van der Waals surface area contributed by atoms with Crippen molar-refractivity contribution in [3.63, 3.8) is 0 Å². The van der Waals surface area contributed by atoms with E-state index in [1.165, 1.54) is 0 Å². The van der Waals surface area contributed by atoms with Crippen molar-refractivity contribution in [2.24, 2.45) is 5.41 Å². The van der Waals surface area contributed by atoms with Crippen LogP contribution in [0.25, 0.3) is 0 Å². The van der Waals surface area contributed by atoms with E-state index in [9.17, 15) is 4.79 Å². The summed E-state index contributed by atoms with van der Waals surface area (Å²) in [6.45, 7) is 1.97. The summed E-state index contributed by atoms with van der Waals surface area (Å²) >= 11 is 0. The third kappa shape index (κ3) is 3.40. The average molecular weight is 226 g/mol. The van der Waals surface area contributed by atoms with Gasteiger partial charge in [-0.2, -0.15) is 0 Å². The fraction of sp³-hybridized carbons (Fsp3) is 0.267. The average Bonchev–Trinajstić information content (AvgIpc) is 2.34. The fourth-order valence-electron chi connectivity index (χ4n) is 1.59. The fourth-order valence-corrected chi connectivity index (χ4v) is 1.59. The molecule has 0 fully saturated rings. The van der Waals surface area contributed by atoms with E-state index < -0.39 is 0 Å². The number of methoxy groups -OCH3 is 1. The molecule has 0 aliphatic heterocycles. The maximum Gasteiger partial charge on any atom is 0.149 e. The Balaban J connectivity index is 2.91. The lowest BCUT2D eigenvalue weighted by atomic mass is 9.80. The molecule has 0 N–H and O–H groups in total. The van der Waals surface area contributed by atoms with Crippen molar-refractivity contribution in [2.75, 3.05) is 7.11 Å². The zero-order valence-electron chi connectivity index (χ0n) is 9.99.